The van der Waals surface area contributed by atoms with Gasteiger partial charge in [0.2, 0.25) is 5.82 Å². The first kappa shape index (κ1) is 15.1. The number of para-hydroxylation sites is 1. The summed E-state index contributed by atoms with van der Waals surface area (Å²) < 4.78 is 6.96. The van der Waals surface area contributed by atoms with E-state index in [-0.39, 0.29) is 11.7 Å². The van der Waals surface area contributed by atoms with Gasteiger partial charge >= 0.3 is 0 Å². The van der Waals surface area contributed by atoms with Crippen LogP contribution in [-0.4, -0.2) is 32.1 Å². The van der Waals surface area contributed by atoms with E-state index in [2.05, 4.69) is 20.4 Å². The van der Waals surface area contributed by atoms with E-state index in [0.717, 1.165) is 11.3 Å². The molecule has 0 saturated heterocycles. The number of nitrogens with one attached hydrogen (secondary N) is 1. The van der Waals surface area contributed by atoms with E-state index in [1.807, 2.05) is 38.1 Å². The van der Waals surface area contributed by atoms with Crippen molar-refractivity contribution in [3.8, 4) is 0 Å². The number of benzene rings is 1. The van der Waals surface area contributed by atoms with Crippen molar-refractivity contribution in [1.82, 2.24) is 19.6 Å². The van der Waals surface area contributed by atoms with E-state index in [4.69, 9.17) is 4.74 Å². The summed E-state index contributed by atoms with van der Waals surface area (Å²) in [5.41, 5.74) is 2.45. The first-order valence-electron chi connectivity index (χ1n) is 7.34. The summed E-state index contributed by atoms with van der Waals surface area (Å²) in [4.78, 5) is 20.7. The van der Waals surface area contributed by atoms with Crippen LogP contribution in [0.2, 0.25) is 0 Å². The van der Waals surface area contributed by atoms with Crippen LogP contribution >= 0.6 is 0 Å². The number of aromatic nitrogens is 4. The maximum absolute atomic E-state index is 12.4. The van der Waals surface area contributed by atoms with Gasteiger partial charge in [0.25, 0.3) is 11.7 Å². The Balaban J connectivity index is 1.85. The first-order chi connectivity index (χ1) is 11.2. The number of aryl methyl sites for hydroxylation is 1. The highest BCUT2D eigenvalue weighted by atomic mass is 16.5. The number of carbonyl (C=O) groups excluding carboxylic acids is 1. The van der Waals surface area contributed by atoms with Crippen LogP contribution in [0.5, 0.6) is 0 Å². The van der Waals surface area contributed by atoms with Crippen molar-refractivity contribution in [3.05, 3.63) is 53.6 Å². The zero-order valence-corrected chi connectivity index (χ0v) is 13.0. The number of amides is 1. The smallest absolute Gasteiger partial charge is 0.295 e. The van der Waals surface area contributed by atoms with Gasteiger partial charge in [0.05, 0.1) is 6.61 Å². The fourth-order valence-electron chi connectivity index (χ4n) is 2.16. The molecule has 0 fully saturated rings. The predicted octanol–water partition coefficient (Wildman–Crippen LogP) is 2.22. The van der Waals surface area contributed by atoms with Crippen LogP contribution < -0.4 is 5.32 Å². The lowest BCUT2D eigenvalue weighted by Crippen LogP contribution is -2.15. The molecule has 0 aliphatic heterocycles. The van der Waals surface area contributed by atoms with E-state index >= 15 is 0 Å². The van der Waals surface area contributed by atoms with Crippen LogP contribution in [0.4, 0.5) is 5.69 Å². The first-order valence-corrected chi connectivity index (χ1v) is 7.34. The minimum absolute atomic E-state index is 0.0815. The molecule has 0 saturated carbocycles. The largest absolute Gasteiger partial charge is 0.377 e. The van der Waals surface area contributed by atoms with Crippen molar-refractivity contribution in [3.63, 3.8) is 0 Å². The highest BCUT2D eigenvalue weighted by Crippen LogP contribution is 2.17. The lowest BCUT2D eigenvalue weighted by Gasteiger charge is -2.09. The minimum atomic E-state index is -0.376. The van der Waals surface area contributed by atoms with Crippen molar-refractivity contribution in [2.45, 2.75) is 20.5 Å². The van der Waals surface area contributed by atoms with Crippen molar-refractivity contribution in [2.75, 3.05) is 11.9 Å². The molecular weight excluding hydrogens is 294 g/mol. The third kappa shape index (κ3) is 3.19. The molecule has 0 bridgehead atoms. The predicted molar refractivity (Wildman–Crippen MR) is 85.2 cm³/mol. The maximum atomic E-state index is 12.4. The Labute approximate surface area is 133 Å². The summed E-state index contributed by atoms with van der Waals surface area (Å²) in [5.74, 6) is 0.106. The SMILES string of the molecule is CCOCc1ccccc1NC(=O)c1nc2nccc(C)n2n1. The van der Waals surface area contributed by atoms with Crippen molar-refractivity contribution in [2.24, 2.45) is 0 Å². The molecule has 7 nitrogen and oxygen atoms in total. The van der Waals surface area contributed by atoms with Crippen molar-refractivity contribution in [1.29, 1.82) is 0 Å². The fraction of sp³-hybridized carbons (Fsp3) is 0.250. The van der Waals surface area contributed by atoms with Crippen LogP contribution in [-0.2, 0) is 11.3 Å². The molecule has 3 rings (SSSR count). The molecule has 0 radical (unpaired) electrons. The van der Waals surface area contributed by atoms with Gasteiger partial charge in [-0.2, -0.15) is 4.98 Å². The molecule has 1 amide bonds. The van der Waals surface area contributed by atoms with Crippen LogP contribution in [0, 0.1) is 6.92 Å². The molecule has 1 N–H and O–H groups in total. The molecule has 7 heteroatoms. The molecule has 0 aliphatic rings. The van der Waals surface area contributed by atoms with Gasteiger partial charge in [-0.15, -0.1) is 5.10 Å². The van der Waals surface area contributed by atoms with Crippen molar-refractivity contribution < 1.29 is 9.53 Å². The number of anilines is 1. The molecule has 23 heavy (non-hydrogen) atoms. The highest BCUT2D eigenvalue weighted by Gasteiger charge is 2.15. The molecule has 1 aromatic carbocycles. The van der Waals surface area contributed by atoms with Gasteiger partial charge in [-0.1, -0.05) is 18.2 Å². The van der Waals surface area contributed by atoms with Crippen LogP contribution in [0.3, 0.4) is 0 Å². The average Bonchev–Trinajstić information content (AvgIpc) is 3.00. The Kier molecular flexibility index (Phi) is 4.29. The summed E-state index contributed by atoms with van der Waals surface area (Å²) in [6, 6.07) is 9.30. The Morgan fingerprint density at radius 2 is 2.13 bits per heavy atom. The zero-order valence-electron chi connectivity index (χ0n) is 13.0. The van der Waals surface area contributed by atoms with Crippen LogP contribution in [0.1, 0.15) is 28.8 Å². The van der Waals surface area contributed by atoms with Gasteiger partial charge in [-0.3, -0.25) is 4.79 Å². The second-order valence-corrected chi connectivity index (χ2v) is 4.98. The van der Waals surface area contributed by atoms with E-state index < -0.39 is 0 Å². The number of nitrogens with zero attached hydrogens (tertiary/aromatic N) is 4. The number of fused-ring (bicyclic) bond motifs is 1. The topological polar surface area (TPSA) is 81.4 Å². The third-order valence-corrected chi connectivity index (χ3v) is 3.36. The van der Waals surface area contributed by atoms with Crippen LogP contribution in [0.15, 0.2) is 36.5 Å². The normalized spacial score (nSPS) is 10.9. The maximum Gasteiger partial charge on any atom is 0.295 e. The van der Waals surface area contributed by atoms with Crippen molar-refractivity contribution >= 4 is 17.4 Å². The summed E-state index contributed by atoms with van der Waals surface area (Å²) in [5, 5.41) is 7.03. The van der Waals surface area contributed by atoms with Gasteiger partial charge in [0.1, 0.15) is 0 Å². The standard InChI is InChI=1S/C16H17N5O2/c1-3-23-10-12-6-4-5-7-13(12)18-15(22)14-19-16-17-9-8-11(2)21(16)20-14/h4-9H,3,10H2,1-2H3,(H,18,22). The average molecular weight is 311 g/mol. The number of hydrogen-bond donors (Lipinski definition) is 1. The van der Waals surface area contributed by atoms with E-state index in [1.165, 1.54) is 0 Å². The second-order valence-electron chi connectivity index (χ2n) is 4.98. The van der Waals surface area contributed by atoms with Gasteiger partial charge in [-0.05, 0) is 26.0 Å². The molecule has 2 heterocycles. The Morgan fingerprint density at radius 1 is 1.30 bits per heavy atom. The molecule has 2 aromatic heterocycles. The van der Waals surface area contributed by atoms with Gasteiger partial charge in [0, 0.05) is 29.7 Å². The molecule has 0 aliphatic carbocycles. The Bertz CT molecular complexity index is 843. The second kappa shape index (κ2) is 6.53. The zero-order chi connectivity index (χ0) is 16.2. The Hall–Kier alpha value is -2.80. The number of rotatable bonds is 5. The number of carbonyl (C=O) groups is 1. The molecule has 118 valence electrons. The minimum Gasteiger partial charge on any atom is -0.377 e. The fourth-order valence-corrected chi connectivity index (χ4v) is 2.16. The molecule has 0 atom stereocenters. The monoisotopic (exact) mass is 311 g/mol. The lowest BCUT2D eigenvalue weighted by molar-refractivity contribution is 0.101. The lowest BCUT2D eigenvalue weighted by atomic mass is 10.2. The van der Waals surface area contributed by atoms with Crippen LogP contribution in [0.25, 0.3) is 5.78 Å². The summed E-state index contributed by atoms with van der Waals surface area (Å²) in [6.45, 7) is 4.85. The summed E-state index contributed by atoms with van der Waals surface area (Å²) in [7, 11) is 0. The number of hydrogen-bond acceptors (Lipinski definition) is 5. The van der Waals surface area contributed by atoms with E-state index in [9.17, 15) is 4.79 Å². The molecular formula is C16H17N5O2. The quantitative estimate of drug-likeness (QED) is 0.781. The molecule has 0 unspecified atom stereocenters. The Morgan fingerprint density at radius 3 is 2.91 bits per heavy atom. The van der Waals surface area contributed by atoms with E-state index in [1.54, 1.807) is 16.8 Å². The number of ether oxygens (including phenoxy) is 1. The van der Waals surface area contributed by atoms with E-state index in [0.29, 0.717) is 24.7 Å². The summed E-state index contributed by atoms with van der Waals surface area (Å²) >= 11 is 0. The third-order valence-electron chi connectivity index (χ3n) is 3.36. The van der Waals surface area contributed by atoms with Gasteiger partial charge < -0.3 is 10.1 Å². The molecule has 0 spiro atoms. The summed E-state index contributed by atoms with van der Waals surface area (Å²) in [6.07, 6.45) is 1.64. The van der Waals surface area contributed by atoms with Gasteiger partial charge in [0.15, 0.2) is 0 Å². The highest BCUT2D eigenvalue weighted by molar-refractivity contribution is 6.02. The van der Waals surface area contributed by atoms with Gasteiger partial charge in [-0.25, -0.2) is 9.50 Å². The molecule has 3 aromatic rings.